The van der Waals surface area contributed by atoms with Gasteiger partial charge in [0.05, 0.1) is 30.2 Å². The van der Waals surface area contributed by atoms with Crippen molar-refractivity contribution in [2.24, 2.45) is 0 Å². The molecule has 3 aromatic rings. The fraction of sp³-hybridized carbons (Fsp3) is 0.435. The highest BCUT2D eigenvalue weighted by molar-refractivity contribution is 6.30. The zero-order chi connectivity index (χ0) is 23.1. The van der Waals surface area contributed by atoms with Gasteiger partial charge in [-0.15, -0.1) is 5.10 Å². The molecule has 2 fully saturated rings. The molecular formula is C23H26ClFN6O2. The van der Waals surface area contributed by atoms with E-state index in [4.69, 9.17) is 11.6 Å². The maximum atomic E-state index is 14.5. The molecule has 174 valence electrons. The molecule has 8 nitrogen and oxygen atoms in total. The van der Waals surface area contributed by atoms with Crippen molar-refractivity contribution in [3.63, 3.8) is 0 Å². The van der Waals surface area contributed by atoms with Crippen molar-refractivity contribution in [1.29, 1.82) is 0 Å². The highest BCUT2D eigenvalue weighted by Crippen LogP contribution is 2.29. The Morgan fingerprint density at radius 1 is 1.30 bits per heavy atom. The Balaban J connectivity index is 1.40. The van der Waals surface area contributed by atoms with E-state index >= 15 is 0 Å². The van der Waals surface area contributed by atoms with Gasteiger partial charge >= 0.3 is 0 Å². The molecule has 0 aliphatic carbocycles. The van der Waals surface area contributed by atoms with Crippen molar-refractivity contribution in [1.82, 2.24) is 25.2 Å². The summed E-state index contributed by atoms with van der Waals surface area (Å²) in [5, 5.41) is 22.0. The molecule has 3 atom stereocenters. The Bertz CT molecular complexity index is 1180. The van der Waals surface area contributed by atoms with Gasteiger partial charge in [-0.3, -0.25) is 4.79 Å². The lowest BCUT2D eigenvalue weighted by atomic mass is 10.0. The third kappa shape index (κ3) is 4.05. The Labute approximate surface area is 195 Å². The van der Waals surface area contributed by atoms with Crippen LogP contribution in [-0.4, -0.2) is 75.8 Å². The molecule has 1 aromatic heterocycles. The molecule has 2 N–H and O–H groups in total. The number of hydrogen-bond donors (Lipinski definition) is 2. The first-order valence-electron chi connectivity index (χ1n) is 11.2. The number of fused-ring (bicyclic) bond motifs is 1. The minimum atomic E-state index is -0.387. The van der Waals surface area contributed by atoms with E-state index in [-0.39, 0.29) is 36.5 Å². The highest BCUT2D eigenvalue weighted by Gasteiger charge is 2.36. The molecule has 2 aliphatic heterocycles. The number of nitrogens with one attached hydrogen (secondary N) is 1. The lowest BCUT2D eigenvalue weighted by molar-refractivity contribution is -0.139. The maximum Gasteiger partial charge on any atom is 0.240 e. The predicted octanol–water partition coefficient (Wildman–Crippen LogP) is 2.20. The van der Waals surface area contributed by atoms with Gasteiger partial charge in [0, 0.05) is 35.9 Å². The molecule has 2 aromatic carbocycles. The molecule has 10 heteroatoms. The smallest absolute Gasteiger partial charge is 0.240 e. The molecule has 0 saturated carbocycles. The Hall–Kier alpha value is -2.75. The number of piperazine rings is 1. The van der Waals surface area contributed by atoms with E-state index in [9.17, 15) is 14.3 Å². The lowest BCUT2D eigenvalue weighted by Crippen LogP contribution is -2.63. The summed E-state index contributed by atoms with van der Waals surface area (Å²) in [5.74, 6) is -0.321. The Morgan fingerprint density at radius 2 is 2.12 bits per heavy atom. The maximum absolute atomic E-state index is 14.5. The van der Waals surface area contributed by atoms with Crippen molar-refractivity contribution in [2.45, 2.75) is 31.5 Å². The minimum absolute atomic E-state index is 0.0662. The molecule has 2 aliphatic rings. The van der Waals surface area contributed by atoms with E-state index in [1.54, 1.807) is 21.7 Å². The van der Waals surface area contributed by atoms with Crippen molar-refractivity contribution in [3.05, 3.63) is 52.8 Å². The van der Waals surface area contributed by atoms with Crippen LogP contribution >= 0.6 is 11.6 Å². The van der Waals surface area contributed by atoms with Crippen LogP contribution in [0.15, 0.2) is 36.4 Å². The number of aliphatic hydroxyl groups is 1. The zero-order valence-electron chi connectivity index (χ0n) is 18.3. The molecule has 0 bridgehead atoms. The summed E-state index contributed by atoms with van der Waals surface area (Å²) in [4.78, 5) is 16.7. The molecular weight excluding hydrogens is 447 g/mol. The number of aromatic nitrogens is 3. The van der Waals surface area contributed by atoms with Gasteiger partial charge in [0.1, 0.15) is 11.3 Å². The van der Waals surface area contributed by atoms with Crippen LogP contribution in [-0.2, 0) is 4.79 Å². The van der Waals surface area contributed by atoms with E-state index < -0.39 is 0 Å². The summed E-state index contributed by atoms with van der Waals surface area (Å²) in [5.41, 5.74) is 2.92. The van der Waals surface area contributed by atoms with E-state index in [0.29, 0.717) is 35.7 Å². The quantitative estimate of drug-likeness (QED) is 0.592. The van der Waals surface area contributed by atoms with Gasteiger partial charge < -0.3 is 20.2 Å². The summed E-state index contributed by atoms with van der Waals surface area (Å²) in [6.45, 7) is 4.37. The lowest BCUT2D eigenvalue weighted by Gasteiger charge is -2.44. The number of rotatable bonds is 5. The molecule has 0 unspecified atom stereocenters. The third-order valence-corrected chi connectivity index (χ3v) is 6.93. The van der Waals surface area contributed by atoms with Crippen molar-refractivity contribution < 1.29 is 14.3 Å². The second-order valence-electron chi connectivity index (χ2n) is 8.66. The Kier molecular flexibility index (Phi) is 5.94. The number of carbonyl (C=O) groups excluding carboxylic acids is 1. The number of benzene rings is 2. The SMILES string of the molecule is C[C@H](c1ccc(Cl)cc1F)n1nnc2ccc(N3CCN(C(=O)[C@H]4CCN4)[C@H](CO)C3)cc21. The van der Waals surface area contributed by atoms with Crippen LogP contribution in [0.1, 0.15) is 24.9 Å². The number of aliphatic hydroxyl groups excluding tert-OH is 1. The first-order chi connectivity index (χ1) is 16.0. The van der Waals surface area contributed by atoms with Crippen LogP contribution in [0, 0.1) is 5.82 Å². The summed E-state index contributed by atoms with van der Waals surface area (Å²) < 4.78 is 16.2. The van der Waals surface area contributed by atoms with Crippen molar-refractivity contribution in [3.8, 4) is 0 Å². The summed E-state index contributed by atoms with van der Waals surface area (Å²) in [7, 11) is 0. The molecule has 0 radical (unpaired) electrons. The number of carbonyl (C=O) groups is 1. The van der Waals surface area contributed by atoms with Crippen LogP contribution in [0.5, 0.6) is 0 Å². The number of nitrogens with zero attached hydrogens (tertiary/aromatic N) is 5. The highest BCUT2D eigenvalue weighted by atomic mass is 35.5. The monoisotopic (exact) mass is 472 g/mol. The molecule has 3 heterocycles. The van der Waals surface area contributed by atoms with Gasteiger partial charge in [0.15, 0.2) is 0 Å². The van der Waals surface area contributed by atoms with Gasteiger partial charge in [0.2, 0.25) is 5.91 Å². The molecule has 5 rings (SSSR count). The van der Waals surface area contributed by atoms with Crippen LogP contribution in [0.2, 0.25) is 5.02 Å². The van der Waals surface area contributed by atoms with E-state index in [2.05, 4.69) is 20.5 Å². The second kappa shape index (κ2) is 8.89. The average Bonchev–Trinajstić information content (AvgIpc) is 3.20. The molecule has 33 heavy (non-hydrogen) atoms. The topological polar surface area (TPSA) is 86.5 Å². The predicted molar refractivity (Wildman–Crippen MR) is 124 cm³/mol. The molecule has 2 saturated heterocycles. The standard InChI is InChI=1S/C23H26ClFN6O2/c1-14(18-4-2-15(24)10-19(18)25)31-22-11-16(3-5-20(22)27-28-31)29-8-9-30(17(12-29)13-32)23(33)21-6-7-26-21/h2-5,10-11,14,17,21,26,32H,6-9,12-13H2,1H3/t14-,17+,21-/m1/s1. The van der Waals surface area contributed by atoms with E-state index in [0.717, 1.165) is 24.2 Å². The van der Waals surface area contributed by atoms with Gasteiger partial charge in [0.25, 0.3) is 0 Å². The Morgan fingerprint density at radius 3 is 2.82 bits per heavy atom. The third-order valence-electron chi connectivity index (χ3n) is 6.70. The molecule has 1 amide bonds. The number of hydrogen-bond acceptors (Lipinski definition) is 6. The van der Waals surface area contributed by atoms with Gasteiger partial charge in [-0.05, 0) is 50.2 Å². The average molecular weight is 473 g/mol. The number of amides is 1. The summed E-state index contributed by atoms with van der Waals surface area (Å²) in [6, 6.07) is 9.70. The van der Waals surface area contributed by atoms with Crippen molar-refractivity contribution in [2.75, 3.05) is 37.7 Å². The fourth-order valence-corrected chi connectivity index (χ4v) is 4.77. The van der Waals surface area contributed by atoms with Crippen LogP contribution in [0.4, 0.5) is 10.1 Å². The van der Waals surface area contributed by atoms with Gasteiger partial charge in [-0.25, -0.2) is 9.07 Å². The fourth-order valence-electron chi connectivity index (χ4n) is 4.62. The number of halogens is 2. The largest absolute Gasteiger partial charge is 0.394 e. The zero-order valence-corrected chi connectivity index (χ0v) is 19.0. The van der Waals surface area contributed by atoms with Gasteiger partial charge in [-0.1, -0.05) is 22.9 Å². The number of anilines is 1. The first kappa shape index (κ1) is 22.1. The first-order valence-corrected chi connectivity index (χ1v) is 11.5. The second-order valence-corrected chi connectivity index (χ2v) is 9.09. The van der Waals surface area contributed by atoms with Crippen LogP contribution in [0.25, 0.3) is 11.0 Å². The van der Waals surface area contributed by atoms with Crippen molar-refractivity contribution >= 4 is 34.2 Å². The normalized spacial score (nSPS) is 21.8. The summed E-state index contributed by atoms with van der Waals surface area (Å²) in [6.07, 6.45) is 0.844. The summed E-state index contributed by atoms with van der Waals surface area (Å²) >= 11 is 5.90. The molecule has 0 spiro atoms. The van der Waals surface area contributed by atoms with Crippen LogP contribution < -0.4 is 10.2 Å². The van der Waals surface area contributed by atoms with E-state index in [1.165, 1.54) is 6.07 Å². The van der Waals surface area contributed by atoms with Gasteiger partial charge in [-0.2, -0.15) is 0 Å². The van der Waals surface area contributed by atoms with E-state index in [1.807, 2.05) is 25.1 Å². The van der Waals surface area contributed by atoms with Crippen LogP contribution in [0.3, 0.4) is 0 Å². The minimum Gasteiger partial charge on any atom is -0.394 e.